The molecule has 0 unspecified atom stereocenters. The average molecular weight is 203 g/mol. The van der Waals surface area contributed by atoms with E-state index in [9.17, 15) is 4.79 Å². The first-order valence-corrected chi connectivity index (χ1v) is 4.98. The van der Waals surface area contributed by atoms with Crippen molar-refractivity contribution in [2.75, 3.05) is 0 Å². The normalized spacial score (nSPS) is 10.8. The van der Waals surface area contributed by atoms with Crippen molar-refractivity contribution in [1.29, 1.82) is 0 Å². The molecule has 0 fully saturated rings. The van der Waals surface area contributed by atoms with Gasteiger partial charge in [-0.3, -0.25) is 0 Å². The number of H-pyrrole nitrogens is 1. The van der Waals surface area contributed by atoms with E-state index in [1.807, 2.05) is 25.1 Å². The Hall–Kier alpha value is -1.77. The molecule has 15 heavy (non-hydrogen) atoms. The van der Waals surface area contributed by atoms with Gasteiger partial charge in [0.2, 0.25) is 0 Å². The highest BCUT2D eigenvalue weighted by molar-refractivity contribution is 5.97. The Balaban J connectivity index is 2.72. The summed E-state index contributed by atoms with van der Waals surface area (Å²) in [6.45, 7) is 3.92. The smallest absolute Gasteiger partial charge is 0.352 e. The minimum atomic E-state index is -0.901. The van der Waals surface area contributed by atoms with Crippen molar-refractivity contribution in [2.45, 2.75) is 20.3 Å². The number of rotatable bonds is 2. The molecular formula is C12H13NO2. The van der Waals surface area contributed by atoms with E-state index in [1.165, 1.54) is 5.56 Å². The number of hydrogen-bond acceptors (Lipinski definition) is 1. The molecule has 0 atom stereocenters. The number of nitrogens with one attached hydrogen (secondary N) is 1. The van der Waals surface area contributed by atoms with Crippen LogP contribution in [0.15, 0.2) is 18.2 Å². The number of aromatic nitrogens is 1. The van der Waals surface area contributed by atoms with Crippen LogP contribution in [0.2, 0.25) is 0 Å². The Bertz CT molecular complexity index is 526. The summed E-state index contributed by atoms with van der Waals surface area (Å²) in [7, 11) is 0. The number of aryl methyl sites for hydroxylation is 2. The molecule has 0 spiro atoms. The summed E-state index contributed by atoms with van der Waals surface area (Å²) in [5, 5.41) is 9.97. The van der Waals surface area contributed by atoms with Crippen molar-refractivity contribution in [3.8, 4) is 0 Å². The maximum Gasteiger partial charge on any atom is 0.352 e. The molecule has 0 saturated heterocycles. The Morgan fingerprint density at radius 1 is 1.47 bits per heavy atom. The van der Waals surface area contributed by atoms with Gasteiger partial charge in [-0.1, -0.05) is 13.0 Å². The molecule has 2 N–H and O–H groups in total. The van der Waals surface area contributed by atoms with Crippen LogP contribution in [0.4, 0.5) is 0 Å². The van der Waals surface area contributed by atoms with Gasteiger partial charge in [0, 0.05) is 10.9 Å². The lowest BCUT2D eigenvalue weighted by Crippen LogP contribution is -1.97. The Labute approximate surface area is 87.7 Å². The zero-order valence-corrected chi connectivity index (χ0v) is 8.79. The molecule has 2 aromatic rings. The van der Waals surface area contributed by atoms with Crippen molar-refractivity contribution < 1.29 is 9.90 Å². The molecule has 3 nitrogen and oxygen atoms in total. The van der Waals surface area contributed by atoms with E-state index in [2.05, 4.69) is 11.9 Å². The van der Waals surface area contributed by atoms with Gasteiger partial charge in [0.05, 0.1) is 0 Å². The summed E-state index contributed by atoms with van der Waals surface area (Å²) in [4.78, 5) is 13.8. The predicted molar refractivity (Wildman–Crippen MR) is 59.4 cm³/mol. The number of benzene rings is 1. The van der Waals surface area contributed by atoms with Gasteiger partial charge in [0.25, 0.3) is 0 Å². The average Bonchev–Trinajstić information content (AvgIpc) is 2.56. The Morgan fingerprint density at radius 3 is 2.80 bits per heavy atom. The van der Waals surface area contributed by atoms with Crippen LogP contribution in [0, 0.1) is 6.92 Å². The number of fused-ring (bicyclic) bond motifs is 1. The lowest BCUT2D eigenvalue weighted by Gasteiger charge is -1.96. The van der Waals surface area contributed by atoms with Crippen LogP contribution in [0.3, 0.4) is 0 Å². The molecule has 1 aromatic carbocycles. The minimum Gasteiger partial charge on any atom is -0.477 e. The molecule has 1 aromatic heterocycles. The summed E-state index contributed by atoms with van der Waals surface area (Å²) in [6.07, 6.45) is 0.961. The van der Waals surface area contributed by atoms with Crippen LogP contribution >= 0.6 is 0 Å². The van der Waals surface area contributed by atoms with Crippen LogP contribution in [-0.2, 0) is 6.42 Å². The summed E-state index contributed by atoms with van der Waals surface area (Å²) in [5.74, 6) is -0.901. The number of aromatic carboxylic acids is 1. The third kappa shape index (κ3) is 1.50. The van der Waals surface area contributed by atoms with Crippen LogP contribution in [0.1, 0.15) is 28.5 Å². The third-order valence-electron chi connectivity index (χ3n) is 2.74. The Morgan fingerprint density at radius 2 is 2.20 bits per heavy atom. The molecule has 2 rings (SSSR count). The van der Waals surface area contributed by atoms with Crippen LogP contribution < -0.4 is 0 Å². The number of carboxylic acid groups (broad SMARTS) is 1. The molecule has 78 valence electrons. The molecule has 1 heterocycles. The summed E-state index contributed by atoms with van der Waals surface area (Å²) in [5.41, 5.74) is 3.22. The van der Waals surface area contributed by atoms with Gasteiger partial charge in [-0.25, -0.2) is 4.79 Å². The van der Waals surface area contributed by atoms with E-state index < -0.39 is 5.97 Å². The lowest BCUT2D eigenvalue weighted by molar-refractivity contribution is 0.0691. The van der Waals surface area contributed by atoms with E-state index >= 15 is 0 Å². The van der Waals surface area contributed by atoms with Crippen molar-refractivity contribution >= 4 is 16.9 Å². The van der Waals surface area contributed by atoms with Gasteiger partial charge in [-0.05, 0) is 36.6 Å². The van der Waals surface area contributed by atoms with E-state index in [0.717, 1.165) is 22.9 Å². The molecule has 0 radical (unpaired) electrons. The SMILES string of the molecule is CCc1ccc2[nH]c(C(=O)O)c(C)c2c1. The zero-order chi connectivity index (χ0) is 11.0. The van der Waals surface area contributed by atoms with E-state index in [-0.39, 0.29) is 0 Å². The van der Waals surface area contributed by atoms with Gasteiger partial charge in [0.1, 0.15) is 5.69 Å². The van der Waals surface area contributed by atoms with Gasteiger partial charge in [-0.15, -0.1) is 0 Å². The number of carbonyl (C=O) groups is 1. The quantitative estimate of drug-likeness (QED) is 0.788. The van der Waals surface area contributed by atoms with E-state index in [4.69, 9.17) is 5.11 Å². The van der Waals surface area contributed by atoms with Crippen molar-refractivity contribution in [3.63, 3.8) is 0 Å². The third-order valence-corrected chi connectivity index (χ3v) is 2.74. The minimum absolute atomic E-state index is 0.290. The molecule has 3 heteroatoms. The molecule has 0 saturated carbocycles. The van der Waals surface area contributed by atoms with Crippen molar-refractivity contribution in [2.24, 2.45) is 0 Å². The second-order valence-corrected chi connectivity index (χ2v) is 3.66. The molecule has 0 bridgehead atoms. The summed E-state index contributed by atoms with van der Waals surface area (Å²) >= 11 is 0. The first-order valence-electron chi connectivity index (χ1n) is 4.98. The molecule has 0 aliphatic rings. The van der Waals surface area contributed by atoms with Crippen LogP contribution in [0.25, 0.3) is 10.9 Å². The number of carboxylic acids is 1. The highest BCUT2D eigenvalue weighted by Crippen LogP contribution is 2.23. The maximum atomic E-state index is 10.9. The number of aromatic amines is 1. The molecule has 0 aliphatic heterocycles. The standard InChI is InChI=1S/C12H13NO2/c1-3-8-4-5-10-9(6-8)7(2)11(13-10)12(14)15/h4-6,13H,3H2,1-2H3,(H,14,15). The lowest BCUT2D eigenvalue weighted by atomic mass is 10.1. The second kappa shape index (κ2) is 3.42. The second-order valence-electron chi connectivity index (χ2n) is 3.66. The van der Waals surface area contributed by atoms with Gasteiger partial charge < -0.3 is 10.1 Å². The highest BCUT2D eigenvalue weighted by atomic mass is 16.4. The van der Waals surface area contributed by atoms with Crippen LogP contribution in [-0.4, -0.2) is 16.1 Å². The van der Waals surface area contributed by atoms with Crippen molar-refractivity contribution in [1.82, 2.24) is 4.98 Å². The van der Waals surface area contributed by atoms with Gasteiger partial charge in [0.15, 0.2) is 0 Å². The fourth-order valence-corrected chi connectivity index (χ4v) is 1.81. The van der Waals surface area contributed by atoms with Crippen molar-refractivity contribution in [3.05, 3.63) is 35.0 Å². The van der Waals surface area contributed by atoms with E-state index in [0.29, 0.717) is 5.69 Å². The molecular weight excluding hydrogens is 190 g/mol. The first kappa shape index (κ1) is 9.77. The fourth-order valence-electron chi connectivity index (χ4n) is 1.81. The highest BCUT2D eigenvalue weighted by Gasteiger charge is 2.13. The fraction of sp³-hybridized carbons (Fsp3) is 0.250. The predicted octanol–water partition coefficient (Wildman–Crippen LogP) is 2.74. The maximum absolute atomic E-state index is 10.9. The number of hydrogen-bond donors (Lipinski definition) is 2. The topological polar surface area (TPSA) is 53.1 Å². The van der Waals surface area contributed by atoms with Crippen LogP contribution in [0.5, 0.6) is 0 Å². The largest absolute Gasteiger partial charge is 0.477 e. The van der Waals surface area contributed by atoms with Gasteiger partial charge in [-0.2, -0.15) is 0 Å². The first-order chi connectivity index (χ1) is 7.13. The van der Waals surface area contributed by atoms with E-state index in [1.54, 1.807) is 0 Å². The zero-order valence-electron chi connectivity index (χ0n) is 8.79. The molecule has 0 aliphatic carbocycles. The Kier molecular flexibility index (Phi) is 2.23. The summed E-state index contributed by atoms with van der Waals surface area (Å²) in [6, 6.07) is 6.01. The molecule has 0 amide bonds. The monoisotopic (exact) mass is 203 g/mol. The summed E-state index contributed by atoms with van der Waals surface area (Å²) < 4.78 is 0. The van der Waals surface area contributed by atoms with Gasteiger partial charge >= 0.3 is 5.97 Å².